The highest BCUT2D eigenvalue weighted by Gasteiger charge is 2.15. The Balaban J connectivity index is 1.84. The maximum Gasteiger partial charge on any atom is 0.287 e. The molecule has 3 N–H and O–H groups in total. The van der Waals surface area contributed by atoms with Crippen LogP contribution in [0.5, 0.6) is 11.5 Å². The zero-order chi connectivity index (χ0) is 26.8. The van der Waals surface area contributed by atoms with E-state index in [-0.39, 0.29) is 11.4 Å². The van der Waals surface area contributed by atoms with Gasteiger partial charge in [0, 0.05) is 24.3 Å². The number of aryl methyl sites for hydroxylation is 1. The summed E-state index contributed by atoms with van der Waals surface area (Å²) in [7, 11) is 1.46. The second-order valence-electron chi connectivity index (χ2n) is 8.23. The largest absolute Gasteiger partial charge is 0.504 e. The van der Waals surface area contributed by atoms with Gasteiger partial charge in [0.15, 0.2) is 11.5 Å². The number of nitrogens with one attached hydrogen (secondary N) is 2. The van der Waals surface area contributed by atoms with Crippen molar-refractivity contribution in [1.29, 1.82) is 0 Å². The van der Waals surface area contributed by atoms with Gasteiger partial charge >= 0.3 is 0 Å². The number of rotatable bonds is 10. The summed E-state index contributed by atoms with van der Waals surface area (Å²) >= 11 is 0. The highest BCUT2D eigenvalue weighted by Crippen LogP contribution is 2.30. The van der Waals surface area contributed by atoms with Crippen LogP contribution in [0.1, 0.15) is 40.9 Å². The lowest BCUT2D eigenvalue weighted by atomic mass is 10.1. The molecule has 3 aromatic rings. The molecule has 3 aromatic carbocycles. The Morgan fingerprint density at radius 3 is 2.30 bits per heavy atom. The fourth-order valence-electron chi connectivity index (χ4n) is 3.71. The molecule has 0 unspecified atom stereocenters. The molecular weight excluding hydrogens is 468 g/mol. The Hall–Kier alpha value is -4.59. The summed E-state index contributed by atoms with van der Waals surface area (Å²) in [6, 6.07) is 19.7. The number of hydrazone groups is 1. The van der Waals surface area contributed by atoms with E-state index in [0.717, 1.165) is 24.3 Å². The molecule has 2 amide bonds. The highest BCUT2D eigenvalue weighted by molar-refractivity contribution is 6.05. The Morgan fingerprint density at radius 1 is 1.00 bits per heavy atom. The number of methoxy groups -OCH3 is 1. The van der Waals surface area contributed by atoms with Crippen LogP contribution in [0.25, 0.3) is 6.08 Å². The van der Waals surface area contributed by atoms with E-state index in [9.17, 15) is 14.7 Å². The zero-order valence-corrected chi connectivity index (χ0v) is 21.5. The molecule has 8 nitrogen and oxygen atoms in total. The number of carbonyl (C=O) groups excluding carboxylic acids is 2. The molecule has 8 heteroatoms. The van der Waals surface area contributed by atoms with E-state index in [0.29, 0.717) is 22.4 Å². The van der Waals surface area contributed by atoms with E-state index in [1.54, 1.807) is 49.4 Å². The summed E-state index contributed by atoms with van der Waals surface area (Å²) in [5.41, 5.74) is 5.98. The number of hydrogen-bond donors (Lipinski definition) is 3. The average Bonchev–Trinajstić information content (AvgIpc) is 2.92. The molecule has 0 spiro atoms. The van der Waals surface area contributed by atoms with Crippen molar-refractivity contribution in [3.05, 3.63) is 94.7 Å². The summed E-state index contributed by atoms with van der Waals surface area (Å²) in [5, 5.41) is 16.7. The van der Waals surface area contributed by atoms with Crippen LogP contribution in [0, 0.1) is 6.92 Å². The minimum Gasteiger partial charge on any atom is -0.504 e. The first kappa shape index (κ1) is 27.0. The molecule has 0 bridgehead atoms. The lowest BCUT2D eigenvalue weighted by molar-refractivity contribution is -0.117. The van der Waals surface area contributed by atoms with Crippen LogP contribution in [0.3, 0.4) is 0 Å². The van der Waals surface area contributed by atoms with E-state index in [4.69, 9.17) is 4.74 Å². The van der Waals surface area contributed by atoms with Crippen LogP contribution in [-0.2, 0) is 4.79 Å². The second-order valence-corrected chi connectivity index (χ2v) is 8.23. The van der Waals surface area contributed by atoms with Crippen molar-refractivity contribution >= 4 is 29.8 Å². The highest BCUT2D eigenvalue weighted by atomic mass is 16.5. The molecule has 0 aliphatic carbocycles. The third kappa shape index (κ3) is 7.20. The number of aromatic hydroxyl groups is 1. The van der Waals surface area contributed by atoms with Gasteiger partial charge in [0.1, 0.15) is 5.70 Å². The first-order valence-electron chi connectivity index (χ1n) is 12.0. The van der Waals surface area contributed by atoms with E-state index in [1.165, 1.54) is 13.3 Å². The predicted octanol–water partition coefficient (Wildman–Crippen LogP) is 4.48. The Morgan fingerprint density at radius 2 is 1.68 bits per heavy atom. The molecule has 37 heavy (non-hydrogen) atoms. The van der Waals surface area contributed by atoms with Gasteiger partial charge < -0.3 is 20.1 Å². The third-order valence-corrected chi connectivity index (χ3v) is 5.75. The number of nitrogens with zero attached hydrogens (tertiary/aromatic N) is 2. The Kier molecular flexibility index (Phi) is 9.43. The van der Waals surface area contributed by atoms with Gasteiger partial charge in [-0.3, -0.25) is 9.59 Å². The quantitative estimate of drug-likeness (QED) is 0.216. The summed E-state index contributed by atoms with van der Waals surface area (Å²) in [5.74, 6) is -0.651. The van der Waals surface area contributed by atoms with Gasteiger partial charge in [-0.15, -0.1) is 0 Å². The molecule has 0 saturated heterocycles. The van der Waals surface area contributed by atoms with Crippen molar-refractivity contribution < 1.29 is 19.4 Å². The topological polar surface area (TPSA) is 103 Å². The standard InChI is InChI=1S/C29H32N4O4/c1-5-33(6-2)24-14-12-21(13-15-24)17-25(31-28(35)23-10-8-7-9-11-23)29(36)32-30-19-22-16-20(3)27(34)26(18-22)37-4/h7-19,34H,5-6H2,1-4H3,(H,31,35)(H,32,36). The SMILES string of the molecule is CCN(CC)c1ccc(C=C(NC(=O)c2ccccc2)C(=O)NN=Cc2cc(C)c(O)c(OC)c2)cc1. The molecule has 0 heterocycles. The van der Waals surface area contributed by atoms with Crippen LogP contribution in [0.4, 0.5) is 5.69 Å². The fourth-order valence-corrected chi connectivity index (χ4v) is 3.71. The number of benzene rings is 3. The van der Waals surface area contributed by atoms with Crippen LogP contribution in [0.15, 0.2) is 77.5 Å². The van der Waals surface area contributed by atoms with Crippen molar-refractivity contribution in [2.24, 2.45) is 5.10 Å². The number of anilines is 1. The Bertz CT molecular complexity index is 1280. The second kappa shape index (κ2) is 12.9. The van der Waals surface area contributed by atoms with Gasteiger partial charge in [0.05, 0.1) is 13.3 Å². The van der Waals surface area contributed by atoms with Crippen LogP contribution in [-0.4, -0.2) is 43.3 Å². The lowest BCUT2D eigenvalue weighted by Crippen LogP contribution is -2.32. The van der Waals surface area contributed by atoms with E-state index in [2.05, 4.69) is 34.6 Å². The molecular formula is C29H32N4O4. The summed E-state index contributed by atoms with van der Waals surface area (Å²) in [6.07, 6.45) is 3.04. The van der Waals surface area contributed by atoms with E-state index in [1.807, 2.05) is 30.3 Å². The minimum atomic E-state index is -0.587. The van der Waals surface area contributed by atoms with Crippen molar-refractivity contribution in [3.63, 3.8) is 0 Å². The number of amides is 2. The molecule has 3 rings (SSSR count). The number of carbonyl (C=O) groups is 2. The maximum absolute atomic E-state index is 13.0. The van der Waals surface area contributed by atoms with Crippen molar-refractivity contribution in [1.82, 2.24) is 10.7 Å². The monoisotopic (exact) mass is 500 g/mol. The minimum absolute atomic E-state index is 0.0426. The number of phenolic OH excluding ortho intramolecular Hbond substituents is 1. The molecule has 0 aliphatic heterocycles. The smallest absolute Gasteiger partial charge is 0.287 e. The van der Waals surface area contributed by atoms with Gasteiger partial charge in [-0.25, -0.2) is 5.43 Å². The normalized spacial score (nSPS) is 11.3. The number of ether oxygens (including phenoxy) is 1. The van der Waals surface area contributed by atoms with Gasteiger partial charge in [-0.05, 0) is 79.9 Å². The number of hydrogen-bond acceptors (Lipinski definition) is 6. The first-order valence-corrected chi connectivity index (χ1v) is 12.0. The summed E-state index contributed by atoms with van der Waals surface area (Å²) in [4.78, 5) is 28.0. The van der Waals surface area contributed by atoms with Crippen LogP contribution in [0.2, 0.25) is 0 Å². The molecule has 0 radical (unpaired) electrons. The van der Waals surface area contributed by atoms with Gasteiger partial charge in [0.2, 0.25) is 0 Å². The van der Waals surface area contributed by atoms with E-state index >= 15 is 0 Å². The molecule has 0 aromatic heterocycles. The van der Waals surface area contributed by atoms with Crippen molar-refractivity contribution in [2.45, 2.75) is 20.8 Å². The maximum atomic E-state index is 13.0. The fraction of sp³-hybridized carbons (Fsp3) is 0.207. The Labute approximate surface area is 217 Å². The molecule has 0 fully saturated rings. The van der Waals surface area contributed by atoms with Crippen molar-refractivity contribution in [2.75, 3.05) is 25.1 Å². The molecule has 192 valence electrons. The first-order chi connectivity index (χ1) is 17.9. The number of phenols is 1. The summed E-state index contributed by atoms with van der Waals surface area (Å²) < 4.78 is 5.16. The molecule has 0 aliphatic rings. The molecule has 0 atom stereocenters. The van der Waals surface area contributed by atoms with Crippen LogP contribution < -0.4 is 20.4 Å². The van der Waals surface area contributed by atoms with Gasteiger partial charge in [-0.1, -0.05) is 30.3 Å². The average molecular weight is 501 g/mol. The third-order valence-electron chi connectivity index (χ3n) is 5.75. The van der Waals surface area contributed by atoms with Gasteiger partial charge in [-0.2, -0.15) is 5.10 Å². The molecule has 0 saturated carbocycles. The van der Waals surface area contributed by atoms with Crippen molar-refractivity contribution in [3.8, 4) is 11.5 Å². The summed E-state index contributed by atoms with van der Waals surface area (Å²) in [6.45, 7) is 7.69. The lowest BCUT2D eigenvalue weighted by Gasteiger charge is -2.21. The van der Waals surface area contributed by atoms with Gasteiger partial charge in [0.25, 0.3) is 11.8 Å². The predicted molar refractivity (Wildman–Crippen MR) is 147 cm³/mol. The van der Waals surface area contributed by atoms with Crippen LogP contribution >= 0.6 is 0 Å². The zero-order valence-electron chi connectivity index (χ0n) is 21.5. The van der Waals surface area contributed by atoms with E-state index < -0.39 is 11.8 Å².